The lowest BCUT2D eigenvalue weighted by Crippen LogP contribution is -2.38. The highest BCUT2D eigenvalue weighted by Gasteiger charge is 2.32. The number of carbonyl (C=O) groups is 1. The molecule has 0 saturated carbocycles. The largest absolute Gasteiger partial charge is 0.373 e. The van der Waals surface area contributed by atoms with Crippen LogP contribution in [-0.2, 0) is 16.1 Å². The molecule has 1 saturated heterocycles. The van der Waals surface area contributed by atoms with E-state index >= 15 is 0 Å². The summed E-state index contributed by atoms with van der Waals surface area (Å²) in [5.41, 5.74) is 1.06. The summed E-state index contributed by atoms with van der Waals surface area (Å²) in [6, 6.07) is 9.96. The minimum atomic E-state index is -0.169. The van der Waals surface area contributed by atoms with Gasteiger partial charge >= 0.3 is 0 Å². The van der Waals surface area contributed by atoms with E-state index in [1.54, 1.807) is 0 Å². The number of benzene rings is 1. The average molecular weight is 346 g/mol. The van der Waals surface area contributed by atoms with Gasteiger partial charge in [0, 0.05) is 19.7 Å². The summed E-state index contributed by atoms with van der Waals surface area (Å²) in [4.78, 5) is 12.6. The van der Waals surface area contributed by atoms with Gasteiger partial charge in [-0.2, -0.15) is 5.10 Å². The van der Waals surface area contributed by atoms with Crippen LogP contribution < -0.4 is 5.32 Å². The molecular weight excluding hydrogens is 324 g/mol. The normalized spacial score (nSPS) is 20.7. The van der Waals surface area contributed by atoms with Gasteiger partial charge in [-0.25, -0.2) is 0 Å². The van der Waals surface area contributed by atoms with Crippen molar-refractivity contribution in [2.75, 3.05) is 13.2 Å². The number of H-pyrrole nitrogens is 1. The van der Waals surface area contributed by atoms with Crippen molar-refractivity contribution in [2.45, 2.75) is 32.4 Å². The molecule has 1 aromatic heterocycles. The van der Waals surface area contributed by atoms with Crippen molar-refractivity contribution in [1.82, 2.24) is 20.1 Å². The van der Waals surface area contributed by atoms with Crippen LogP contribution in [-0.4, -0.2) is 33.8 Å². The molecule has 2 aromatic rings. The number of nitrogens with zero attached hydrogens (tertiary/aromatic N) is 2. The maximum atomic E-state index is 12.6. The number of aryl methyl sites for hydroxylation is 1. The van der Waals surface area contributed by atoms with Crippen molar-refractivity contribution in [3.63, 3.8) is 0 Å². The Morgan fingerprint density at radius 1 is 1.46 bits per heavy atom. The fourth-order valence-corrected chi connectivity index (χ4v) is 3.37. The molecule has 0 unspecified atom stereocenters. The lowest BCUT2D eigenvalue weighted by atomic mass is 9.89. The van der Waals surface area contributed by atoms with Crippen LogP contribution in [0.4, 0.5) is 0 Å². The van der Waals surface area contributed by atoms with Gasteiger partial charge in [0.15, 0.2) is 4.77 Å². The van der Waals surface area contributed by atoms with Crippen molar-refractivity contribution in [2.24, 2.45) is 5.92 Å². The van der Waals surface area contributed by atoms with Crippen LogP contribution in [0.5, 0.6) is 0 Å². The minimum absolute atomic E-state index is 0.0382. The van der Waals surface area contributed by atoms with E-state index in [1.807, 2.05) is 41.8 Å². The Bertz CT molecular complexity index is 741. The first kappa shape index (κ1) is 16.9. The van der Waals surface area contributed by atoms with Gasteiger partial charge in [0.25, 0.3) is 0 Å². The Balaban J connectivity index is 1.61. The number of hydrogen-bond acceptors (Lipinski definition) is 4. The summed E-state index contributed by atoms with van der Waals surface area (Å²) in [5, 5.41) is 9.84. The van der Waals surface area contributed by atoms with Crippen LogP contribution in [0.3, 0.4) is 0 Å². The Labute approximate surface area is 146 Å². The summed E-state index contributed by atoms with van der Waals surface area (Å²) in [7, 11) is 0. The summed E-state index contributed by atoms with van der Waals surface area (Å²) in [6.45, 7) is 3.71. The molecule has 1 amide bonds. The maximum absolute atomic E-state index is 12.6. The lowest BCUT2D eigenvalue weighted by Gasteiger charge is -2.31. The highest BCUT2D eigenvalue weighted by molar-refractivity contribution is 7.71. The zero-order chi connectivity index (χ0) is 16.9. The third-order valence-corrected chi connectivity index (χ3v) is 4.68. The first-order chi connectivity index (χ1) is 11.7. The molecule has 7 heteroatoms. The van der Waals surface area contributed by atoms with Gasteiger partial charge in [-0.1, -0.05) is 30.3 Å². The molecule has 1 aliphatic heterocycles. The first-order valence-corrected chi connectivity index (χ1v) is 8.63. The number of aromatic amines is 1. The SMILES string of the molecule is Cc1n[nH]c(=S)n1CCNC(=O)[C@@H]1CCCO[C@H]1c1ccccc1. The molecule has 1 aromatic carbocycles. The molecule has 2 atom stereocenters. The van der Waals surface area contributed by atoms with Gasteiger partial charge in [-0.15, -0.1) is 0 Å². The van der Waals surface area contributed by atoms with Gasteiger partial charge in [0.1, 0.15) is 5.82 Å². The molecule has 0 aliphatic carbocycles. The molecule has 0 bridgehead atoms. The predicted octanol–water partition coefficient (Wildman–Crippen LogP) is 2.53. The molecule has 0 radical (unpaired) electrons. The number of nitrogens with one attached hydrogen (secondary N) is 2. The predicted molar refractivity (Wildman–Crippen MR) is 93.0 cm³/mol. The molecule has 2 N–H and O–H groups in total. The highest BCUT2D eigenvalue weighted by Crippen LogP contribution is 2.33. The minimum Gasteiger partial charge on any atom is -0.373 e. The van der Waals surface area contributed by atoms with Gasteiger partial charge in [0.2, 0.25) is 5.91 Å². The molecule has 24 heavy (non-hydrogen) atoms. The number of aromatic nitrogens is 3. The van der Waals surface area contributed by atoms with Crippen molar-refractivity contribution < 1.29 is 9.53 Å². The van der Waals surface area contributed by atoms with Gasteiger partial charge in [0.05, 0.1) is 12.0 Å². The molecule has 128 valence electrons. The van der Waals surface area contributed by atoms with E-state index in [4.69, 9.17) is 17.0 Å². The number of hydrogen-bond donors (Lipinski definition) is 2. The Morgan fingerprint density at radius 2 is 2.25 bits per heavy atom. The molecule has 1 fully saturated rings. The van der Waals surface area contributed by atoms with Crippen LogP contribution in [0.15, 0.2) is 30.3 Å². The van der Waals surface area contributed by atoms with E-state index in [1.165, 1.54) is 0 Å². The van der Waals surface area contributed by atoms with E-state index in [9.17, 15) is 4.79 Å². The standard InChI is InChI=1S/C17H22N4O2S/c1-12-19-20-17(24)21(12)10-9-18-16(22)14-8-5-11-23-15(14)13-6-3-2-4-7-13/h2-4,6-7,14-15H,5,8-11H2,1H3,(H,18,22)(H,20,24)/t14-,15+/m1/s1. The quantitative estimate of drug-likeness (QED) is 0.816. The van der Waals surface area contributed by atoms with E-state index in [-0.39, 0.29) is 17.9 Å². The van der Waals surface area contributed by atoms with Crippen molar-refractivity contribution in [1.29, 1.82) is 0 Å². The van der Waals surface area contributed by atoms with E-state index < -0.39 is 0 Å². The maximum Gasteiger partial charge on any atom is 0.226 e. The van der Waals surface area contributed by atoms with Crippen LogP contribution in [0.25, 0.3) is 0 Å². The van der Waals surface area contributed by atoms with E-state index in [0.717, 1.165) is 24.2 Å². The molecule has 1 aliphatic rings. The van der Waals surface area contributed by atoms with Gasteiger partial charge in [-0.3, -0.25) is 9.89 Å². The molecule has 3 rings (SSSR count). The Kier molecular flexibility index (Phi) is 5.42. The number of carbonyl (C=O) groups excluding carboxylic acids is 1. The summed E-state index contributed by atoms with van der Waals surface area (Å²) in [5.74, 6) is 0.702. The second kappa shape index (κ2) is 7.72. The molecule has 0 spiro atoms. The second-order valence-electron chi connectivity index (χ2n) is 5.97. The molecule has 2 heterocycles. The number of ether oxygens (including phenoxy) is 1. The fraction of sp³-hybridized carbons (Fsp3) is 0.471. The van der Waals surface area contributed by atoms with Crippen molar-refractivity contribution in [3.8, 4) is 0 Å². The Hall–Kier alpha value is -1.99. The third kappa shape index (κ3) is 3.73. The summed E-state index contributed by atoms with van der Waals surface area (Å²) < 4.78 is 8.34. The van der Waals surface area contributed by atoms with Crippen molar-refractivity contribution in [3.05, 3.63) is 46.5 Å². The molecule has 6 nitrogen and oxygen atoms in total. The van der Waals surface area contributed by atoms with Gasteiger partial charge < -0.3 is 14.6 Å². The fourth-order valence-electron chi connectivity index (χ4n) is 3.10. The van der Waals surface area contributed by atoms with Gasteiger partial charge in [-0.05, 0) is 37.5 Å². The zero-order valence-electron chi connectivity index (χ0n) is 13.7. The average Bonchev–Trinajstić information content (AvgIpc) is 2.94. The van der Waals surface area contributed by atoms with Crippen LogP contribution in [0, 0.1) is 17.6 Å². The van der Waals surface area contributed by atoms with Crippen LogP contribution >= 0.6 is 12.2 Å². The summed E-state index contributed by atoms with van der Waals surface area (Å²) >= 11 is 5.17. The lowest BCUT2D eigenvalue weighted by molar-refractivity contribution is -0.134. The van der Waals surface area contributed by atoms with Crippen LogP contribution in [0.1, 0.15) is 30.3 Å². The monoisotopic (exact) mass is 346 g/mol. The van der Waals surface area contributed by atoms with E-state index in [0.29, 0.717) is 24.5 Å². The molecular formula is C17H22N4O2S. The topological polar surface area (TPSA) is 71.9 Å². The van der Waals surface area contributed by atoms with Crippen LogP contribution in [0.2, 0.25) is 0 Å². The number of amides is 1. The number of rotatable bonds is 5. The zero-order valence-corrected chi connectivity index (χ0v) is 14.5. The second-order valence-corrected chi connectivity index (χ2v) is 6.36. The summed E-state index contributed by atoms with van der Waals surface area (Å²) in [6.07, 6.45) is 1.58. The smallest absolute Gasteiger partial charge is 0.226 e. The Morgan fingerprint density at radius 3 is 2.96 bits per heavy atom. The first-order valence-electron chi connectivity index (χ1n) is 8.23. The van der Waals surface area contributed by atoms with E-state index in [2.05, 4.69) is 15.5 Å². The van der Waals surface area contributed by atoms with Crippen molar-refractivity contribution >= 4 is 18.1 Å². The highest BCUT2D eigenvalue weighted by atomic mass is 32.1. The third-order valence-electron chi connectivity index (χ3n) is 4.37.